The Morgan fingerprint density at radius 3 is 2.89 bits per heavy atom. The number of benzene rings is 2. The molecule has 1 radical (unpaired) electrons. The predicted octanol–water partition coefficient (Wildman–Crippen LogP) is 2.89. The highest BCUT2D eigenvalue weighted by Gasteiger charge is 2.24. The molecule has 1 aliphatic heterocycles. The average molecular weight is 298 g/mol. The second kappa shape index (κ2) is 4.73. The third kappa shape index (κ3) is 2.15. The maximum absolute atomic E-state index is 10.8. The molecule has 0 fully saturated rings. The standard InChI is InChI=1S/C15H11BBrO/c17-13-3-1-2-11(7-13)15-8-12-6-10(9-18)4-5-14(12)16-15/h1-7,9,15H,8H2. The molecule has 0 N–H and O–H groups in total. The molecule has 1 aliphatic rings. The first-order chi connectivity index (χ1) is 8.76. The van der Waals surface area contributed by atoms with Crippen LogP contribution in [0.1, 0.15) is 27.3 Å². The summed E-state index contributed by atoms with van der Waals surface area (Å²) in [4.78, 5) is 10.8. The number of halogens is 1. The van der Waals surface area contributed by atoms with Crippen molar-refractivity contribution in [1.82, 2.24) is 0 Å². The van der Waals surface area contributed by atoms with Crippen LogP contribution in [0.2, 0.25) is 0 Å². The van der Waals surface area contributed by atoms with Gasteiger partial charge >= 0.3 is 0 Å². The minimum atomic E-state index is 0.416. The molecular weight excluding hydrogens is 287 g/mol. The van der Waals surface area contributed by atoms with E-state index in [-0.39, 0.29) is 0 Å². The zero-order chi connectivity index (χ0) is 12.5. The molecule has 1 unspecified atom stereocenters. The lowest BCUT2D eigenvalue weighted by atomic mass is 9.61. The van der Waals surface area contributed by atoms with Gasteiger partial charge in [-0.25, -0.2) is 0 Å². The van der Waals surface area contributed by atoms with Gasteiger partial charge < -0.3 is 0 Å². The number of rotatable bonds is 2. The number of fused-ring (bicyclic) bond motifs is 1. The van der Waals surface area contributed by atoms with Gasteiger partial charge in [-0.2, -0.15) is 0 Å². The van der Waals surface area contributed by atoms with Gasteiger partial charge in [-0.1, -0.05) is 56.8 Å². The molecule has 0 saturated heterocycles. The second-order valence-electron chi connectivity index (χ2n) is 4.61. The summed E-state index contributed by atoms with van der Waals surface area (Å²) in [6.07, 6.45) is 1.89. The van der Waals surface area contributed by atoms with Crippen LogP contribution in [-0.2, 0) is 6.42 Å². The summed E-state index contributed by atoms with van der Waals surface area (Å²) in [5, 5.41) is 0. The van der Waals surface area contributed by atoms with E-state index in [9.17, 15) is 4.79 Å². The Hall–Kier alpha value is -1.35. The van der Waals surface area contributed by atoms with Crippen molar-refractivity contribution in [3.05, 3.63) is 63.6 Å². The summed E-state index contributed by atoms with van der Waals surface area (Å²) in [5.41, 5.74) is 4.60. The lowest BCUT2D eigenvalue weighted by molar-refractivity contribution is 0.112. The highest BCUT2D eigenvalue weighted by molar-refractivity contribution is 9.10. The molecule has 87 valence electrons. The molecule has 1 atom stereocenters. The molecule has 18 heavy (non-hydrogen) atoms. The van der Waals surface area contributed by atoms with Gasteiger partial charge in [-0.05, 0) is 30.4 Å². The number of aldehydes is 1. The predicted molar refractivity (Wildman–Crippen MR) is 77.8 cm³/mol. The fourth-order valence-electron chi connectivity index (χ4n) is 2.50. The molecule has 0 bridgehead atoms. The Labute approximate surface area is 116 Å². The zero-order valence-corrected chi connectivity index (χ0v) is 11.4. The van der Waals surface area contributed by atoms with Crippen LogP contribution in [0.4, 0.5) is 0 Å². The summed E-state index contributed by atoms with van der Waals surface area (Å²) in [5.74, 6) is 0.416. The van der Waals surface area contributed by atoms with Crippen LogP contribution >= 0.6 is 15.9 Å². The number of hydrogen-bond acceptors (Lipinski definition) is 1. The molecule has 1 nitrogen and oxygen atoms in total. The summed E-state index contributed by atoms with van der Waals surface area (Å²) < 4.78 is 1.11. The van der Waals surface area contributed by atoms with E-state index in [0.29, 0.717) is 5.82 Å². The van der Waals surface area contributed by atoms with Crippen LogP contribution in [0.15, 0.2) is 46.9 Å². The summed E-state index contributed by atoms with van der Waals surface area (Å²) in [6, 6.07) is 14.3. The van der Waals surface area contributed by atoms with Gasteiger partial charge in [0.25, 0.3) is 0 Å². The van der Waals surface area contributed by atoms with Crippen molar-refractivity contribution in [2.24, 2.45) is 0 Å². The second-order valence-corrected chi connectivity index (χ2v) is 5.52. The third-order valence-corrected chi connectivity index (χ3v) is 3.89. The molecule has 3 heteroatoms. The zero-order valence-electron chi connectivity index (χ0n) is 9.77. The normalized spacial score (nSPS) is 17.1. The Bertz CT molecular complexity index is 609. The van der Waals surface area contributed by atoms with E-state index in [0.717, 1.165) is 22.7 Å². The van der Waals surface area contributed by atoms with E-state index in [1.54, 1.807) is 0 Å². The van der Waals surface area contributed by atoms with Crippen LogP contribution in [0, 0.1) is 0 Å². The molecule has 2 aromatic rings. The molecule has 0 aliphatic carbocycles. The van der Waals surface area contributed by atoms with Crippen molar-refractivity contribution >= 4 is 35.0 Å². The van der Waals surface area contributed by atoms with Gasteiger partial charge in [-0.15, -0.1) is 0 Å². The SMILES string of the molecule is O=Cc1ccc2c(c1)CC(c1cccc(Br)c1)[B]2. The van der Waals surface area contributed by atoms with Crippen LogP contribution in [-0.4, -0.2) is 13.6 Å². The van der Waals surface area contributed by atoms with Crippen molar-refractivity contribution in [2.75, 3.05) is 0 Å². The minimum Gasteiger partial charge on any atom is -0.298 e. The molecule has 0 amide bonds. The lowest BCUT2D eigenvalue weighted by Gasteiger charge is -2.08. The van der Waals surface area contributed by atoms with E-state index in [2.05, 4.69) is 41.4 Å². The molecule has 0 saturated carbocycles. The van der Waals surface area contributed by atoms with Crippen LogP contribution in [0.5, 0.6) is 0 Å². The summed E-state index contributed by atoms with van der Waals surface area (Å²) >= 11 is 3.51. The Balaban J connectivity index is 1.90. The maximum Gasteiger partial charge on any atom is 0.161 e. The first-order valence-electron chi connectivity index (χ1n) is 5.95. The lowest BCUT2D eigenvalue weighted by Crippen LogP contribution is -2.14. The van der Waals surface area contributed by atoms with E-state index >= 15 is 0 Å². The van der Waals surface area contributed by atoms with Gasteiger partial charge in [0.1, 0.15) is 6.29 Å². The summed E-state index contributed by atoms with van der Waals surface area (Å²) in [7, 11) is 2.28. The van der Waals surface area contributed by atoms with Crippen LogP contribution in [0.25, 0.3) is 0 Å². The van der Waals surface area contributed by atoms with Gasteiger partial charge in [0, 0.05) is 10.0 Å². The molecule has 0 spiro atoms. The first-order valence-corrected chi connectivity index (χ1v) is 6.74. The highest BCUT2D eigenvalue weighted by Crippen LogP contribution is 2.26. The van der Waals surface area contributed by atoms with E-state index in [1.807, 2.05) is 24.3 Å². The Kier molecular flexibility index (Phi) is 3.08. The fraction of sp³-hybridized carbons (Fsp3) is 0.133. The minimum absolute atomic E-state index is 0.416. The number of carbonyl (C=O) groups excluding carboxylic acids is 1. The third-order valence-electron chi connectivity index (χ3n) is 3.40. The first kappa shape index (κ1) is 11.7. The number of carbonyl (C=O) groups is 1. The van der Waals surface area contributed by atoms with Crippen molar-refractivity contribution in [3.8, 4) is 0 Å². The van der Waals surface area contributed by atoms with Gasteiger partial charge in [-0.3, -0.25) is 4.79 Å². The molecule has 1 heterocycles. The molecule has 2 aromatic carbocycles. The van der Waals surface area contributed by atoms with Crippen molar-refractivity contribution in [2.45, 2.75) is 12.2 Å². The smallest absolute Gasteiger partial charge is 0.161 e. The van der Waals surface area contributed by atoms with Gasteiger partial charge in [0.2, 0.25) is 0 Å². The number of hydrogen-bond donors (Lipinski definition) is 0. The Morgan fingerprint density at radius 1 is 1.22 bits per heavy atom. The van der Waals surface area contributed by atoms with Crippen LogP contribution in [0.3, 0.4) is 0 Å². The van der Waals surface area contributed by atoms with Crippen molar-refractivity contribution in [1.29, 1.82) is 0 Å². The van der Waals surface area contributed by atoms with Crippen molar-refractivity contribution < 1.29 is 4.79 Å². The van der Waals surface area contributed by atoms with Crippen LogP contribution < -0.4 is 5.46 Å². The van der Waals surface area contributed by atoms with E-state index in [4.69, 9.17) is 0 Å². The summed E-state index contributed by atoms with van der Waals surface area (Å²) in [6.45, 7) is 0. The van der Waals surface area contributed by atoms with E-state index < -0.39 is 0 Å². The molecular formula is C15H11BBrO. The topological polar surface area (TPSA) is 17.1 Å². The molecule has 0 aromatic heterocycles. The van der Waals surface area contributed by atoms with Gasteiger partial charge in [0.05, 0.1) is 0 Å². The van der Waals surface area contributed by atoms with E-state index in [1.165, 1.54) is 16.6 Å². The fourth-order valence-corrected chi connectivity index (χ4v) is 2.92. The maximum atomic E-state index is 10.8. The van der Waals surface area contributed by atoms with Crippen molar-refractivity contribution in [3.63, 3.8) is 0 Å². The quantitative estimate of drug-likeness (QED) is 0.615. The van der Waals surface area contributed by atoms with Gasteiger partial charge in [0.15, 0.2) is 7.28 Å². The largest absolute Gasteiger partial charge is 0.298 e. The Morgan fingerprint density at radius 2 is 2.11 bits per heavy atom. The monoisotopic (exact) mass is 297 g/mol. The highest BCUT2D eigenvalue weighted by atomic mass is 79.9. The molecule has 3 rings (SSSR count). The average Bonchev–Trinajstić information content (AvgIpc) is 2.81.